The third-order valence-corrected chi connectivity index (χ3v) is 4.52. The van der Waals surface area contributed by atoms with Gasteiger partial charge in [0.05, 0.1) is 23.0 Å². The van der Waals surface area contributed by atoms with E-state index in [1.807, 2.05) is 6.92 Å². The molecule has 7 nitrogen and oxygen atoms in total. The molecule has 0 amide bonds. The van der Waals surface area contributed by atoms with Crippen molar-refractivity contribution in [1.29, 1.82) is 5.26 Å². The van der Waals surface area contributed by atoms with Crippen molar-refractivity contribution in [3.05, 3.63) is 41.9 Å². The number of anilines is 1. The second-order valence-electron chi connectivity index (χ2n) is 4.53. The summed E-state index contributed by atoms with van der Waals surface area (Å²) in [6, 6.07) is 5.51. The average molecular weight is 301 g/mol. The van der Waals surface area contributed by atoms with E-state index in [0.717, 1.165) is 5.56 Å². The maximum Gasteiger partial charge on any atom is 0.265 e. The Morgan fingerprint density at radius 3 is 2.81 bits per heavy atom. The topological polar surface area (TPSA) is 114 Å². The number of hydrogen-bond donors (Lipinski definition) is 3. The van der Waals surface area contributed by atoms with Crippen LogP contribution in [0.3, 0.4) is 0 Å². The van der Waals surface area contributed by atoms with Crippen LogP contribution in [0.15, 0.2) is 35.6 Å². The minimum absolute atomic E-state index is 0.0447. The molecule has 0 unspecified atom stereocenters. The smallest absolute Gasteiger partial charge is 0.265 e. The Kier molecular flexibility index (Phi) is 2.92. The van der Waals surface area contributed by atoms with Gasteiger partial charge in [0.2, 0.25) is 0 Å². The van der Waals surface area contributed by atoms with E-state index in [-0.39, 0.29) is 4.90 Å². The lowest BCUT2D eigenvalue weighted by atomic mass is 10.1. The van der Waals surface area contributed by atoms with E-state index in [4.69, 9.17) is 5.26 Å². The fourth-order valence-electron chi connectivity index (χ4n) is 2.18. The van der Waals surface area contributed by atoms with Crippen LogP contribution in [-0.4, -0.2) is 23.6 Å². The van der Waals surface area contributed by atoms with Crippen molar-refractivity contribution in [2.45, 2.75) is 11.8 Å². The fourth-order valence-corrected chi connectivity index (χ4v) is 3.16. The van der Waals surface area contributed by atoms with Gasteiger partial charge in [-0.05, 0) is 18.6 Å². The summed E-state index contributed by atoms with van der Waals surface area (Å²) in [4.78, 5) is 2.99. The highest BCUT2D eigenvalue weighted by Crippen LogP contribution is 2.29. The predicted octanol–water partition coefficient (Wildman–Crippen LogP) is 1.87. The molecule has 0 fully saturated rings. The average Bonchev–Trinajstić information content (AvgIpc) is 3.10. The van der Waals surface area contributed by atoms with Gasteiger partial charge in [0, 0.05) is 17.8 Å². The Balaban J connectivity index is 2.13. The Hall–Kier alpha value is -2.79. The van der Waals surface area contributed by atoms with Gasteiger partial charge in [-0.3, -0.25) is 9.82 Å². The van der Waals surface area contributed by atoms with Crippen LogP contribution < -0.4 is 4.72 Å². The number of aryl methyl sites for hydroxylation is 1. The molecule has 8 heteroatoms. The van der Waals surface area contributed by atoms with Crippen molar-refractivity contribution in [2.24, 2.45) is 0 Å². The SMILES string of the molecule is Cc1ccc(NS(=O)(=O)c2cn[nH]c2)c2[nH]cc(C#N)c12. The minimum Gasteiger partial charge on any atom is -0.358 e. The summed E-state index contributed by atoms with van der Waals surface area (Å²) < 4.78 is 26.9. The van der Waals surface area contributed by atoms with Crippen molar-refractivity contribution >= 4 is 26.6 Å². The highest BCUT2D eigenvalue weighted by atomic mass is 32.2. The second kappa shape index (κ2) is 4.64. The number of aromatic nitrogens is 3. The molecule has 0 bridgehead atoms. The lowest BCUT2D eigenvalue weighted by Crippen LogP contribution is -2.12. The lowest BCUT2D eigenvalue weighted by Gasteiger charge is -2.08. The third-order valence-electron chi connectivity index (χ3n) is 3.19. The molecule has 0 aliphatic rings. The molecule has 0 saturated carbocycles. The van der Waals surface area contributed by atoms with E-state index in [0.29, 0.717) is 22.2 Å². The Morgan fingerprint density at radius 1 is 1.33 bits per heavy atom. The summed E-state index contributed by atoms with van der Waals surface area (Å²) in [7, 11) is -3.72. The number of nitrogens with zero attached hydrogens (tertiary/aromatic N) is 2. The van der Waals surface area contributed by atoms with Crippen LogP contribution >= 0.6 is 0 Å². The lowest BCUT2D eigenvalue weighted by molar-refractivity contribution is 0.601. The van der Waals surface area contributed by atoms with Gasteiger partial charge in [0.25, 0.3) is 10.0 Å². The molecule has 3 N–H and O–H groups in total. The fraction of sp³-hybridized carbons (Fsp3) is 0.0769. The summed E-state index contributed by atoms with van der Waals surface area (Å²) in [5.41, 5.74) is 2.35. The summed E-state index contributed by atoms with van der Waals surface area (Å²) >= 11 is 0. The highest BCUT2D eigenvalue weighted by molar-refractivity contribution is 7.92. The molecule has 1 aromatic carbocycles. The van der Waals surface area contributed by atoms with Crippen molar-refractivity contribution in [2.75, 3.05) is 4.72 Å². The molecule has 0 atom stereocenters. The van der Waals surface area contributed by atoms with Gasteiger partial charge < -0.3 is 4.98 Å². The maximum absolute atomic E-state index is 12.2. The van der Waals surface area contributed by atoms with Crippen LogP contribution in [0.2, 0.25) is 0 Å². The van der Waals surface area contributed by atoms with Crippen molar-refractivity contribution < 1.29 is 8.42 Å². The first-order chi connectivity index (χ1) is 10.0. The number of nitriles is 1. The van der Waals surface area contributed by atoms with Crippen LogP contribution in [0.25, 0.3) is 10.9 Å². The first-order valence-electron chi connectivity index (χ1n) is 6.05. The van der Waals surface area contributed by atoms with Crippen LogP contribution in [0.4, 0.5) is 5.69 Å². The van der Waals surface area contributed by atoms with Crippen LogP contribution in [0, 0.1) is 18.3 Å². The molecule has 0 saturated heterocycles. The number of sulfonamides is 1. The van der Waals surface area contributed by atoms with Crippen LogP contribution in [0.1, 0.15) is 11.1 Å². The second-order valence-corrected chi connectivity index (χ2v) is 6.22. The third kappa shape index (κ3) is 2.13. The molecule has 21 heavy (non-hydrogen) atoms. The molecule has 0 radical (unpaired) electrons. The molecule has 3 aromatic rings. The van der Waals surface area contributed by atoms with Crippen molar-refractivity contribution in [3.8, 4) is 6.07 Å². The maximum atomic E-state index is 12.2. The van der Waals surface area contributed by atoms with Crippen LogP contribution in [0.5, 0.6) is 0 Å². The molecule has 3 rings (SSSR count). The molecular formula is C13H11N5O2S. The van der Waals surface area contributed by atoms with Gasteiger partial charge in [-0.1, -0.05) is 6.07 Å². The highest BCUT2D eigenvalue weighted by Gasteiger charge is 2.18. The van der Waals surface area contributed by atoms with Crippen LogP contribution in [-0.2, 0) is 10.0 Å². The quantitative estimate of drug-likeness (QED) is 0.685. The van der Waals surface area contributed by atoms with E-state index in [1.54, 1.807) is 18.3 Å². The number of nitrogens with one attached hydrogen (secondary N) is 3. The van der Waals surface area contributed by atoms with Gasteiger partial charge in [-0.15, -0.1) is 0 Å². The summed E-state index contributed by atoms with van der Waals surface area (Å²) in [6.45, 7) is 1.87. The first kappa shape index (κ1) is 13.2. The summed E-state index contributed by atoms with van der Waals surface area (Å²) in [6.07, 6.45) is 4.08. The van der Waals surface area contributed by atoms with E-state index in [2.05, 4.69) is 26.0 Å². The number of hydrogen-bond acceptors (Lipinski definition) is 4. The first-order valence-corrected chi connectivity index (χ1v) is 7.53. The standard InChI is InChI=1S/C13H11N5O2S/c1-8-2-3-11(13-12(8)9(4-14)5-15-13)18-21(19,20)10-6-16-17-7-10/h2-3,5-7,15,18H,1H3,(H,16,17). The summed E-state index contributed by atoms with van der Waals surface area (Å²) in [5.74, 6) is 0. The number of fused-ring (bicyclic) bond motifs is 1. The van der Waals surface area contributed by atoms with Crippen molar-refractivity contribution in [1.82, 2.24) is 15.2 Å². The molecule has 0 spiro atoms. The van der Waals surface area contributed by atoms with E-state index in [9.17, 15) is 8.42 Å². The zero-order valence-corrected chi connectivity index (χ0v) is 11.8. The van der Waals surface area contributed by atoms with Gasteiger partial charge in [0.15, 0.2) is 0 Å². The Morgan fingerprint density at radius 2 is 2.14 bits per heavy atom. The van der Waals surface area contributed by atoms with Crippen molar-refractivity contribution in [3.63, 3.8) is 0 Å². The largest absolute Gasteiger partial charge is 0.358 e. The van der Waals surface area contributed by atoms with Gasteiger partial charge in [-0.2, -0.15) is 10.4 Å². The number of benzene rings is 1. The van der Waals surface area contributed by atoms with Gasteiger partial charge in [0.1, 0.15) is 11.0 Å². The molecule has 2 heterocycles. The minimum atomic E-state index is -3.72. The molecule has 0 aliphatic carbocycles. The zero-order valence-electron chi connectivity index (χ0n) is 11.0. The zero-order chi connectivity index (χ0) is 15.0. The predicted molar refractivity (Wildman–Crippen MR) is 77.1 cm³/mol. The Bertz CT molecular complexity index is 949. The number of rotatable bonds is 3. The molecule has 2 aromatic heterocycles. The normalized spacial score (nSPS) is 11.4. The molecule has 106 valence electrons. The number of H-pyrrole nitrogens is 2. The van der Waals surface area contributed by atoms with E-state index in [1.165, 1.54) is 12.4 Å². The monoisotopic (exact) mass is 301 g/mol. The van der Waals surface area contributed by atoms with E-state index >= 15 is 0 Å². The molecule has 0 aliphatic heterocycles. The van der Waals surface area contributed by atoms with Gasteiger partial charge in [-0.25, -0.2) is 8.42 Å². The number of aromatic amines is 2. The molecular weight excluding hydrogens is 290 g/mol. The summed E-state index contributed by atoms with van der Waals surface area (Å²) in [5, 5.41) is 15.9. The van der Waals surface area contributed by atoms with E-state index < -0.39 is 10.0 Å². The Labute approximate surface area is 120 Å². The van der Waals surface area contributed by atoms with Gasteiger partial charge >= 0.3 is 0 Å².